The maximum Gasteiger partial charge on any atom is 0.276 e. The Labute approximate surface area is 379 Å². The summed E-state index contributed by atoms with van der Waals surface area (Å²) in [6.07, 6.45) is 2.15. The van der Waals surface area contributed by atoms with Crippen LogP contribution in [0.5, 0.6) is 5.75 Å². The zero-order valence-corrected chi connectivity index (χ0v) is 38.0. The lowest BCUT2D eigenvalue weighted by molar-refractivity contribution is -0.132. The third-order valence-electron chi connectivity index (χ3n) is 9.74. The number of imide groups is 1. The van der Waals surface area contributed by atoms with Crippen molar-refractivity contribution in [3.05, 3.63) is 106 Å². The molecule has 5 amide bonds. The minimum absolute atomic E-state index is 0.00830. The largest absolute Gasteiger partial charge is 0.484 e. The predicted molar refractivity (Wildman–Crippen MR) is 234 cm³/mol. The molecular formula is C42H48Cl3N7O10S. The summed E-state index contributed by atoms with van der Waals surface area (Å²) in [5.41, 5.74) is 0.554. The first-order valence-electron chi connectivity index (χ1n) is 19.7. The molecule has 0 aliphatic rings. The Hall–Kier alpha value is -5.40. The van der Waals surface area contributed by atoms with Crippen LogP contribution in [0, 0.1) is 11.8 Å². The molecule has 4 rings (SSSR count). The lowest BCUT2D eigenvalue weighted by Crippen LogP contribution is -2.55. The number of carbonyl (C=O) groups excluding carboxylic acids is 6. The smallest absolute Gasteiger partial charge is 0.276 e. The number of amides is 5. The molecule has 2 aromatic carbocycles. The molecule has 5 atom stereocenters. The third-order valence-corrected chi connectivity index (χ3v) is 12.0. The molecule has 21 heteroatoms. The fraction of sp³-hybridized carbons (Fsp3) is 0.381. The van der Waals surface area contributed by atoms with Gasteiger partial charge in [-0.3, -0.25) is 39.1 Å². The molecule has 2 aromatic heterocycles. The molecule has 0 saturated carbocycles. The number of ketones is 1. The highest BCUT2D eigenvalue weighted by Gasteiger charge is 2.33. The number of hydrogen-bond donors (Lipinski definition) is 5. The topological polar surface area (TPSA) is 245 Å². The van der Waals surface area contributed by atoms with Crippen LogP contribution in [-0.2, 0) is 35.4 Å². The number of nitrogens with one attached hydrogen (secondary N) is 4. The van der Waals surface area contributed by atoms with E-state index in [0.717, 1.165) is 10.3 Å². The number of nitrogens with zero attached hydrogens (tertiary/aromatic N) is 3. The molecule has 0 spiro atoms. The first-order valence-corrected chi connectivity index (χ1v) is 22.7. The van der Waals surface area contributed by atoms with Gasteiger partial charge in [0.05, 0.1) is 40.4 Å². The second-order valence-corrected chi connectivity index (χ2v) is 18.2. The van der Waals surface area contributed by atoms with Gasteiger partial charge in [0.15, 0.2) is 22.2 Å². The number of aliphatic hydroxyl groups is 1. The van der Waals surface area contributed by atoms with Crippen LogP contribution in [0.3, 0.4) is 0 Å². The van der Waals surface area contributed by atoms with Gasteiger partial charge >= 0.3 is 0 Å². The first-order chi connectivity index (χ1) is 29.7. The molecule has 338 valence electrons. The van der Waals surface area contributed by atoms with Gasteiger partial charge < -0.3 is 25.8 Å². The van der Waals surface area contributed by atoms with Crippen molar-refractivity contribution in [1.82, 2.24) is 35.3 Å². The van der Waals surface area contributed by atoms with Crippen molar-refractivity contribution in [2.45, 2.75) is 82.5 Å². The van der Waals surface area contributed by atoms with Crippen LogP contribution in [0.2, 0.25) is 10.3 Å². The van der Waals surface area contributed by atoms with Crippen LogP contribution in [0.15, 0.2) is 78.0 Å². The van der Waals surface area contributed by atoms with Gasteiger partial charge in [0, 0.05) is 41.8 Å². The van der Waals surface area contributed by atoms with Crippen molar-refractivity contribution in [2.75, 3.05) is 12.9 Å². The SMILES string of the molecule is CC[C@H](C)[C@H](NC(=O)C[C@H](O)[C@H](CC(C)C)NC(=O)[C@H](Cc1cnc(Cl)n1Cl)NC(=O)COc1ccc(C(=O)c2ccc(Cl)c(S(C)(=O)=O)c2)cc1)C(=O)NC(=O)c1ccccn1. The molecule has 0 saturated heterocycles. The Bertz CT molecular complexity index is 2400. The summed E-state index contributed by atoms with van der Waals surface area (Å²) < 4.78 is 30.8. The minimum Gasteiger partial charge on any atom is -0.484 e. The fourth-order valence-corrected chi connectivity index (χ4v) is 7.82. The summed E-state index contributed by atoms with van der Waals surface area (Å²) in [6.45, 7) is 6.62. The molecule has 0 radical (unpaired) electrons. The number of benzene rings is 2. The monoisotopic (exact) mass is 947 g/mol. The Morgan fingerprint density at radius 2 is 1.56 bits per heavy atom. The van der Waals surface area contributed by atoms with Crippen LogP contribution in [0.1, 0.15) is 79.1 Å². The van der Waals surface area contributed by atoms with Gasteiger partial charge in [0.25, 0.3) is 11.8 Å². The van der Waals surface area contributed by atoms with Gasteiger partial charge in [-0.2, -0.15) is 0 Å². The van der Waals surface area contributed by atoms with Crippen molar-refractivity contribution >= 4 is 80.1 Å². The summed E-state index contributed by atoms with van der Waals surface area (Å²) in [5.74, 6) is -4.52. The van der Waals surface area contributed by atoms with E-state index in [1.54, 1.807) is 26.0 Å². The van der Waals surface area contributed by atoms with Gasteiger partial charge in [-0.15, -0.1) is 0 Å². The van der Waals surface area contributed by atoms with Crippen molar-refractivity contribution in [3.63, 3.8) is 0 Å². The maximum absolute atomic E-state index is 13.9. The van der Waals surface area contributed by atoms with Gasteiger partial charge in [0.2, 0.25) is 23.0 Å². The van der Waals surface area contributed by atoms with Crippen LogP contribution >= 0.6 is 35.0 Å². The molecule has 5 N–H and O–H groups in total. The number of imidazole rings is 1. The summed E-state index contributed by atoms with van der Waals surface area (Å²) in [7, 11) is -3.70. The van der Waals surface area contributed by atoms with Crippen LogP contribution in [-0.4, -0.2) is 100.0 Å². The number of aliphatic hydroxyl groups excluding tert-OH is 1. The van der Waals surface area contributed by atoms with Gasteiger partial charge in [-0.05, 0) is 84.5 Å². The van der Waals surface area contributed by atoms with Gasteiger partial charge in [0.1, 0.15) is 23.5 Å². The highest BCUT2D eigenvalue weighted by molar-refractivity contribution is 7.90. The zero-order chi connectivity index (χ0) is 46.6. The lowest BCUT2D eigenvalue weighted by atomic mass is 9.95. The van der Waals surface area contributed by atoms with Crippen LogP contribution in [0.4, 0.5) is 0 Å². The second kappa shape index (κ2) is 22.8. The van der Waals surface area contributed by atoms with Crippen molar-refractivity contribution in [3.8, 4) is 5.75 Å². The average Bonchev–Trinajstić information content (AvgIpc) is 3.55. The molecular weight excluding hydrogens is 901 g/mol. The van der Waals surface area contributed by atoms with E-state index >= 15 is 0 Å². The van der Waals surface area contributed by atoms with E-state index < -0.39 is 88.3 Å². The number of hydrogen-bond acceptors (Lipinski definition) is 12. The molecule has 4 aromatic rings. The van der Waals surface area contributed by atoms with E-state index in [-0.39, 0.29) is 62.2 Å². The maximum atomic E-state index is 13.9. The third kappa shape index (κ3) is 14.6. The highest BCUT2D eigenvalue weighted by atomic mass is 35.5. The molecule has 17 nitrogen and oxygen atoms in total. The van der Waals surface area contributed by atoms with E-state index in [2.05, 4.69) is 31.2 Å². The van der Waals surface area contributed by atoms with Crippen molar-refractivity contribution in [2.24, 2.45) is 11.8 Å². The number of aromatic nitrogens is 3. The minimum atomic E-state index is -3.70. The van der Waals surface area contributed by atoms with Crippen LogP contribution < -0.4 is 26.0 Å². The van der Waals surface area contributed by atoms with Gasteiger partial charge in [-0.25, -0.2) is 17.5 Å². The standard InChI is InChI=1S/C42H48Cl3N7O10S/c1-6-24(4)37(41(59)51-39(57)30-9-7-8-16-46-30)50-35(54)20-33(53)31(17-23(2)3)49-40(58)32(19-27-21-47-42(44)52(27)45)48-36(55)22-62-28-13-10-25(11-14-28)38(56)26-12-15-29(43)34(18-26)63(5,60)61/h7-16,18,21,23-24,31-33,37,53H,6,17,19-20,22H2,1-5H3,(H,48,55)(H,49,58)(H,50,54)(H,51,57,59)/t24-,31-,32-,33-,37-/m0/s1. The van der Waals surface area contributed by atoms with Crippen molar-refractivity contribution < 1.29 is 47.0 Å². The number of carbonyl (C=O) groups is 6. The quantitative estimate of drug-likeness (QED) is 0.0742. The predicted octanol–water partition coefficient (Wildman–Crippen LogP) is 4.10. The normalized spacial score (nSPS) is 13.8. The second-order valence-electron chi connectivity index (χ2n) is 15.2. The molecule has 0 aliphatic carbocycles. The number of pyridine rings is 1. The Balaban J connectivity index is 1.43. The van der Waals surface area contributed by atoms with Crippen molar-refractivity contribution in [1.29, 1.82) is 0 Å². The number of rotatable bonds is 21. The molecule has 2 heterocycles. The lowest BCUT2D eigenvalue weighted by Gasteiger charge is -2.29. The number of sulfone groups is 1. The molecule has 63 heavy (non-hydrogen) atoms. The fourth-order valence-electron chi connectivity index (χ4n) is 6.20. The average molecular weight is 949 g/mol. The molecule has 0 aliphatic heterocycles. The number of ether oxygens (including phenoxy) is 1. The van der Waals surface area contributed by atoms with Gasteiger partial charge in [-0.1, -0.05) is 51.8 Å². The van der Waals surface area contributed by atoms with E-state index in [1.807, 2.05) is 13.8 Å². The van der Waals surface area contributed by atoms with E-state index in [0.29, 0.717) is 6.42 Å². The Morgan fingerprint density at radius 1 is 0.873 bits per heavy atom. The summed E-state index contributed by atoms with van der Waals surface area (Å²) >= 11 is 18.3. The Kier molecular flexibility index (Phi) is 18.2. The molecule has 0 bridgehead atoms. The first kappa shape index (κ1) is 50.2. The van der Waals surface area contributed by atoms with Crippen LogP contribution in [0.25, 0.3) is 0 Å². The number of halogens is 3. The Morgan fingerprint density at radius 3 is 2.14 bits per heavy atom. The molecule has 0 fully saturated rings. The zero-order valence-electron chi connectivity index (χ0n) is 34.9. The van der Waals surface area contributed by atoms with E-state index in [9.17, 15) is 42.3 Å². The summed E-state index contributed by atoms with van der Waals surface area (Å²) in [4.78, 5) is 87.1. The highest BCUT2D eigenvalue weighted by Crippen LogP contribution is 2.25. The van der Waals surface area contributed by atoms with E-state index in [4.69, 9.17) is 39.7 Å². The summed E-state index contributed by atoms with van der Waals surface area (Å²) in [5, 5.41) is 21.5. The molecule has 0 unspecified atom stereocenters. The van der Waals surface area contributed by atoms with E-state index in [1.165, 1.54) is 60.9 Å². The summed E-state index contributed by atoms with van der Waals surface area (Å²) in [6, 6.07) is 10.8.